The zero-order chi connectivity index (χ0) is 14.8. The molecule has 1 aromatic heterocycles. The number of hydrogen-bond donors (Lipinski definition) is 3. The SMILES string of the molecule is O=C(O)c1cc2ccccc2c(NC2CCCNC2=O)n1. The molecule has 2 heterocycles. The number of anilines is 1. The van der Waals surface area contributed by atoms with Crippen LogP contribution in [-0.2, 0) is 4.79 Å². The molecule has 21 heavy (non-hydrogen) atoms. The molecule has 0 spiro atoms. The van der Waals surface area contributed by atoms with Gasteiger partial charge in [0.2, 0.25) is 5.91 Å². The Hall–Kier alpha value is -2.63. The standard InChI is InChI=1S/C15H15N3O3/c19-14-11(6-3-7-16-14)17-13-10-5-2-1-4-9(10)8-12(18-13)15(20)21/h1-2,4-5,8,11H,3,6-7H2,(H,16,19)(H,17,18)(H,20,21). The largest absolute Gasteiger partial charge is 0.477 e. The fraction of sp³-hybridized carbons (Fsp3) is 0.267. The number of nitrogens with zero attached hydrogens (tertiary/aromatic N) is 1. The fourth-order valence-corrected chi connectivity index (χ4v) is 2.49. The van der Waals surface area contributed by atoms with Crippen LogP contribution in [0.2, 0.25) is 0 Å². The van der Waals surface area contributed by atoms with Crippen LogP contribution in [0.1, 0.15) is 23.3 Å². The summed E-state index contributed by atoms with van der Waals surface area (Å²) in [6.45, 7) is 0.681. The van der Waals surface area contributed by atoms with Gasteiger partial charge in [0.15, 0.2) is 5.69 Å². The van der Waals surface area contributed by atoms with Crippen molar-refractivity contribution in [2.24, 2.45) is 0 Å². The molecule has 3 rings (SSSR count). The number of piperidine rings is 1. The quantitative estimate of drug-likeness (QED) is 0.797. The molecule has 108 valence electrons. The van der Waals surface area contributed by atoms with Gasteiger partial charge in [-0.3, -0.25) is 4.79 Å². The molecule has 1 fully saturated rings. The molecule has 1 saturated heterocycles. The predicted molar refractivity (Wildman–Crippen MR) is 78.4 cm³/mol. The number of carboxylic acid groups (broad SMARTS) is 1. The summed E-state index contributed by atoms with van der Waals surface area (Å²) in [6.07, 6.45) is 1.60. The average molecular weight is 285 g/mol. The number of carboxylic acids is 1. The van der Waals surface area contributed by atoms with E-state index in [0.717, 1.165) is 17.2 Å². The van der Waals surface area contributed by atoms with Crippen LogP contribution in [-0.4, -0.2) is 34.6 Å². The van der Waals surface area contributed by atoms with Crippen LogP contribution in [0, 0.1) is 0 Å². The van der Waals surface area contributed by atoms with Crippen molar-refractivity contribution in [2.75, 3.05) is 11.9 Å². The summed E-state index contributed by atoms with van der Waals surface area (Å²) in [6, 6.07) is 8.54. The van der Waals surface area contributed by atoms with Gasteiger partial charge in [0.25, 0.3) is 0 Å². The fourth-order valence-electron chi connectivity index (χ4n) is 2.49. The van der Waals surface area contributed by atoms with E-state index in [1.165, 1.54) is 6.07 Å². The first-order valence-corrected chi connectivity index (χ1v) is 6.82. The predicted octanol–water partition coefficient (Wildman–Crippen LogP) is 1.62. The maximum atomic E-state index is 11.8. The first-order valence-electron chi connectivity index (χ1n) is 6.82. The molecule has 6 heteroatoms. The first kappa shape index (κ1) is 13.4. The van der Waals surface area contributed by atoms with Crippen LogP contribution >= 0.6 is 0 Å². The lowest BCUT2D eigenvalue weighted by Crippen LogP contribution is -2.44. The van der Waals surface area contributed by atoms with Crippen molar-refractivity contribution < 1.29 is 14.7 Å². The molecule has 1 aromatic carbocycles. The van der Waals surface area contributed by atoms with Gasteiger partial charge >= 0.3 is 5.97 Å². The summed E-state index contributed by atoms with van der Waals surface area (Å²) in [5.41, 5.74) is -0.0348. The number of nitrogens with one attached hydrogen (secondary N) is 2. The summed E-state index contributed by atoms with van der Waals surface area (Å²) < 4.78 is 0. The van der Waals surface area contributed by atoms with Crippen molar-refractivity contribution in [3.05, 3.63) is 36.0 Å². The summed E-state index contributed by atoms with van der Waals surface area (Å²) in [5, 5.41) is 16.6. The minimum atomic E-state index is -1.09. The number of aromatic carboxylic acids is 1. The summed E-state index contributed by atoms with van der Waals surface area (Å²) in [7, 11) is 0. The Labute approximate surface area is 121 Å². The molecule has 6 nitrogen and oxygen atoms in total. The highest BCUT2D eigenvalue weighted by Gasteiger charge is 2.23. The van der Waals surface area contributed by atoms with Gasteiger partial charge in [-0.1, -0.05) is 24.3 Å². The van der Waals surface area contributed by atoms with Crippen molar-refractivity contribution in [3.8, 4) is 0 Å². The van der Waals surface area contributed by atoms with E-state index < -0.39 is 5.97 Å². The number of carbonyl (C=O) groups is 2. The Morgan fingerprint density at radius 3 is 2.95 bits per heavy atom. The lowest BCUT2D eigenvalue weighted by atomic mass is 10.1. The number of carbonyl (C=O) groups excluding carboxylic acids is 1. The van der Waals surface area contributed by atoms with Crippen LogP contribution < -0.4 is 10.6 Å². The second-order valence-corrected chi connectivity index (χ2v) is 5.01. The van der Waals surface area contributed by atoms with Gasteiger partial charge in [-0.2, -0.15) is 0 Å². The third-order valence-corrected chi connectivity index (χ3v) is 3.56. The molecule has 0 radical (unpaired) electrons. The van der Waals surface area contributed by atoms with E-state index in [2.05, 4.69) is 15.6 Å². The maximum Gasteiger partial charge on any atom is 0.354 e. The number of aromatic nitrogens is 1. The van der Waals surface area contributed by atoms with Gasteiger partial charge in [-0.25, -0.2) is 9.78 Å². The summed E-state index contributed by atoms with van der Waals surface area (Å²) in [5.74, 6) is -0.725. The number of fused-ring (bicyclic) bond motifs is 1. The summed E-state index contributed by atoms with van der Waals surface area (Å²) in [4.78, 5) is 27.2. The molecule has 1 aliphatic heterocycles. The van der Waals surface area contributed by atoms with Gasteiger partial charge in [-0.05, 0) is 24.3 Å². The number of rotatable bonds is 3. The smallest absolute Gasteiger partial charge is 0.354 e. The van der Waals surface area contributed by atoms with Gasteiger partial charge in [0.1, 0.15) is 11.9 Å². The van der Waals surface area contributed by atoms with Crippen molar-refractivity contribution in [3.63, 3.8) is 0 Å². The van der Waals surface area contributed by atoms with Gasteiger partial charge in [-0.15, -0.1) is 0 Å². The maximum absolute atomic E-state index is 11.8. The van der Waals surface area contributed by atoms with Crippen LogP contribution in [0.5, 0.6) is 0 Å². The second kappa shape index (κ2) is 5.40. The minimum absolute atomic E-state index is 0.0348. The molecule has 2 aromatic rings. The Kier molecular flexibility index (Phi) is 3.43. The zero-order valence-corrected chi connectivity index (χ0v) is 11.3. The number of amides is 1. The van der Waals surface area contributed by atoms with Crippen molar-refractivity contribution in [1.29, 1.82) is 0 Å². The first-order chi connectivity index (χ1) is 10.1. The third-order valence-electron chi connectivity index (χ3n) is 3.56. The molecule has 3 N–H and O–H groups in total. The van der Waals surface area contributed by atoms with E-state index >= 15 is 0 Å². The van der Waals surface area contributed by atoms with Gasteiger partial charge in [0, 0.05) is 11.9 Å². The monoisotopic (exact) mass is 285 g/mol. The normalized spacial score (nSPS) is 18.3. The van der Waals surface area contributed by atoms with Crippen molar-refractivity contribution >= 4 is 28.5 Å². The van der Waals surface area contributed by atoms with E-state index in [1.807, 2.05) is 24.3 Å². The Morgan fingerprint density at radius 2 is 2.19 bits per heavy atom. The molecule has 0 bridgehead atoms. The highest BCUT2D eigenvalue weighted by Crippen LogP contribution is 2.24. The van der Waals surface area contributed by atoms with Crippen molar-refractivity contribution in [1.82, 2.24) is 10.3 Å². The topological polar surface area (TPSA) is 91.3 Å². The molecule has 1 amide bonds. The Morgan fingerprint density at radius 1 is 1.38 bits per heavy atom. The average Bonchev–Trinajstić information content (AvgIpc) is 2.49. The number of benzene rings is 1. The molecular weight excluding hydrogens is 270 g/mol. The molecule has 0 saturated carbocycles. The van der Waals surface area contributed by atoms with E-state index in [1.54, 1.807) is 0 Å². The molecular formula is C15H15N3O3. The molecule has 1 atom stereocenters. The van der Waals surface area contributed by atoms with Gasteiger partial charge < -0.3 is 15.7 Å². The van der Waals surface area contributed by atoms with Crippen molar-refractivity contribution in [2.45, 2.75) is 18.9 Å². The lowest BCUT2D eigenvalue weighted by Gasteiger charge is -2.24. The highest BCUT2D eigenvalue weighted by molar-refractivity contribution is 5.98. The van der Waals surface area contributed by atoms with Crippen LogP contribution in [0.25, 0.3) is 10.8 Å². The number of pyridine rings is 1. The van der Waals surface area contributed by atoms with E-state index in [9.17, 15) is 9.59 Å². The van der Waals surface area contributed by atoms with Crippen LogP contribution in [0.3, 0.4) is 0 Å². The molecule has 1 aliphatic rings. The Bertz CT molecular complexity index is 714. The van der Waals surface area contributed by atoms with Crippen LogP contribution in [0.4, 0.5) is 5.82 Å². The van der Waals surface area contributed by atoms with Crippen LogP contribution in [0.15, 0.2) is 30.3 Å². The van der Waals surface area contributed by atoms with E-state index in [0.29, 0.717) is 18.8 Å². The number of hydrogen-bond acceptors (Lipinski definition) is 4. The molecule has 1 unspecified atom stereocenters. The summed E-state index contributed by atoms with van der Waals surface area (Å²) >= 11 is 0. The third kappa shape index (κ3) is 2.65. The second-order valence-electron chi connectivity index (χ2n) is 5.01. The van der Waals surface area contributed by atoms with E-state index in [-0.39, 0.29) is 17.6 Å². The van der Waals surface area contributed by atoms with E-state index in [4.69, 9.17) is 5.11 Å². The zero-order valence-electron chi connectivity index (χ0n) is 11.3. The highest BCUT2D eigenvalue weighted by atomic mass is 16.4. The van der Waals surface area contributed by atoms with Gasteiger partial charge in [0.05, 0.1) is 0 Å². The lowest BCUT2D eigenvalue weighted by molar-refractivity contribution is -0.123. The molecule has 0 aliphatic carbocycles. The minimum Gasteiger partial charge on any atom is -0.477 e. The Balaban J connectivity index is 2.03.